The van der Waals surface area contributed by atoms with Gasteiger partial charge in [-0.1, -0.05) is 26.8 Å². The number of hydrogen-bond acceptors (Lipinski definition) is 5. The Kier molecular flexibility index (Phi) is 5.87. The minimum absolute atomic E-state index is 0.149. The highest BCUT2D eigenvalue weighted by molar-refractivity contribution is 5.97. The Morgan fingerprint density at radius 1 is 1.12 bits per heavy atom. The summed E-state index contributed by atoms with van der Waals surface area (Å²) < 4.78 is 5.14. The first-order valence-corrected chi connectivity index (χ1v) is 7.79. The van der Waals surface area contributed by atoms with Crippen LogP contribution in [-0.4, -0.2) is 16.7 Å². The van der Waals surface area contributed by atoms with E-state index in [-0.39, 0.29) is 29.1 Å². The second-order valence-electron chi connectivity index (χ2n) is 8.09. The van der Waals surface area contributed by atoms with Crippen LogP contribution < -0.4 is 0 Å². The molecule has 6 nitrogen and oxygen atoms in total. The van der Waals surface area contributed by atoms with Gasteiger partial charge in [0.15, 0.2) is 5.78 Å². The minimum atomic E-state index is -0.683. The summed E-state index contributed by atoms with van der Waals surface area (Å²) in [5.74, 6) is -0.589. The molecule has 0 atom stereocenters. The molecule has 0 N–H and O–H groups in total. The highest BCUT2D eigenvalue weighted by Gasteiger charge is 2.25. The molecule has 1 aromatic rings. The van der Waals surface area contributed by atoms with E-state index in [1.54, 1.807) is 26.8 Å². The van der Waals surface area contributed by atoms with Gasteiger partial charge in [-0.2, -0.15) is 0 Å². The number of nitrogens with zero attached hydrogens (tertiary/aromatic N) is 1. The standard InChI is InChI=1S/C18H25NO5/c1-17(2,3)10-15(20)12-7-8-13(14(9-12)19(22)23)11-24-16(21)18(4,5)6/h7-9H,10-11H2,1-6H3. The molecule has 0 spiro atoms. The second kappa shape index (κ2) is 7.11. The molecule has 0 aliphatic rings. The number of nitro benzene ring substituents is 1. The van der Waals surface area contributed by atoms with E-state index in [0.717, 1.165) is 0 Å². The van der Waals surface area contributed by atoms with Crippen LogP contribution in [0.25, 0.3) is 0 Å². The molecule has 0 amide bonds. The van der Waals surface area contributed by atoms with Crippen LogP contribution in [0, 0.1) is 20.9 Å². The van der Waals surface area contributed by atoms with Crippen molar-refractivity contribution in [2.75, 3.05) is 0 Å². The minimum Gasteiger partial charge on any atom is -0.460 e. The van der Waals surface area contributed by atoms with Gasteiger partial charge in [-0.25, -0.2) is 0 Å². The first-order chi connectivity index (χ1) is 10.8. The maximum atomic E-state index is 12.2. The van der Waals surface area contributed by atoms with Crippen molar-refractivity contribution < 1.29 is 19.2 Å². The summed E-state index contributed by atoms with van der Waals surface area (Å²) in [5, 5.41) is 11.3. The smallest absolute Gasteiger partial charge is 0.311 e. The molecule has 0 unspecified atom stereocenters. The third-order valence-corrected chi connectivity index (χ3v) is 3.27. The zero-order valence-electron chi connectivity index (χ0n) is 15.1. The number of benzene rings is 1. The fourth-order valence-electron chi connectivity index (χ4n) is 1.97. The van der Waals surface area contributed by atoms with Crippen LogP contribution in [-0.2, 0) is 16.1 Å². The summed E-state index contributed by atoms with van der Waals surface area (Å²) in [6.07, 6.45) is 0.294. The molecular formula is C18H25NO5. The molecule has 0 saturated heterocycles. The van der Waals surface area contributed by atoms with Gasteiger partial charge in [0.05, 0.1) is 15.9 Å². The van der Waals surface area contributed by atoms with E-state index < -0.39 is 16.3 Å². The number of ketones is 1. The molecule has 6 heteroatoms. The zero-order chi connectivity index (χ0) is 18.7. The summed E-state index contributed by atoms with van der Waals surface area (Å²) in [6.45, 7) is 10.7. The quantitative estimate of drug-likeness (QED) is 0.346. The summed E-state index contributed by atoms with van der Waals surface area (Å²) in [4.78, 5) is 34.8. The van der Waals surface area contributed by atoms with Gasteiger partial charge in [0.1, 0.15) is 6.61 Å². The third-order valence-electron chi connectivity index (χ3n) is 3.27. The number of nitro groups is 1. The Morgan fingerprint density at radius 2 is 1.71 bits per heavy atom. The summed E-state index contributed by atoms with van der Waals surface area (Å²) >= 11 is 0. The summed E-state index contributed by atoms with van der Waals surface area (Å²) in [6, 6.07) is 4.28. The highest BCUT2D eigenvalue weighted by atomic mass is 16.6. The van der Waals surface area contributed by atoms with Crippen LogP contribution in [0.1, 0.15) is 63.9 Å². The zero-order valence-corrected chi connectivity index (χ0v) is 15.1. The molecule has 0 heterocycles. The fraction of sp³-hybridized carbons (Fsp3) is 0.556. The number of rotatable bonds is 5. The van der Waals surface area contributed by atoms with Crippen LogP contribution >= 0.6 is 0 Å². The Balaban J connectivity index is 3.02. The number of Topliss-reactive ketones (excluding diaryl/α,β-unsaturated/α-hetero) is 1. The number of carbonyl (C=O) groups excluding carboxylic acids is 2. The van der Waals surface area contributed by atoms with E-state index in [1.807, 2.05) is 20.8 Å². The Morgan fingerprint density at radius 3 is 2.17 bits per heavy atom. The van der Waals surface area contributed by atoms with Gasteiger partial charge in [0.25, 0.3) is 5.69 Å². The van der Waals surface area contributed by atoms with Crippen molar-refractivity contribution in [3.63, 3.8) is 0 Å². The topological polar surface area (TPSA) is 86.5 Å². The first-order valence-electron chi connectivity index (χ1n) is 7.79. The molecule has 0 radical (unpaired) electrons. The maximum absolute atomic E-state index is 12.2. The van der Waals surface area contributed by atoms with Crippen molar-refractivity contribution in [2.24, 2.45) is 10.8 Å². The fourth-order valence-corrected chi connectivity index (χ4v) is 1.97. The van der Waals surface area contributed by atoms with Gasteiger partial charge < -0.3 is 4.74 Å². The van der Waals surface area contributed by atoms with Gasteiger partial charge in [0, 0.05) is 18.1 Å². The molecule has 1 aromatic carbocycles. The molecule has 24 heavy (non-hydrogen) atoms. The van der Waals surface area contributed by atoms with E-state index >= 15 is 0 Å². The van der Waals surface area contributed by atoms with E-state index in [0.29, 0.717) is 12.0 Å². The van der Waals surface area contributed by atoms with Crippen molar-refractivity contribution in [1.29, 1.82) is 0 Å². The summed E-state index contributed by atoms with van der Waals surface area (Å²) in [7, 11) is 0. The Bertz CT molecular complexity index is 650. The van der Waals surface area contributed by atoms with E-state index in [2.05, 4.69) is 0 Å². The largest absolute Gasteiger partial charge is 0.460 e. The van der Waals surface area contributed by atoms with Crippen molar-refractivity contribution in [3.8, 4) is 0 Å². The molecule has 0 aromatic heterocycles. The number of carbonyl (C=O) groups is 2. The van der Waals surface area contributed by atoms with Crippen LogP contribution in [0.4, 0.5) is 5.69 Å². The van der Waals surface area contributed by atoms with Crippen LogP contribution in [0.2, 0.25) is 0 Å². The lowest BCUT2D eigenvalue weighted by Gasteiger charge is -2.17. The van der Waals surface area contributed by atoms with Crippen molar-refractivity contribution in [3.05, 3.63) is 39.4 Å². The normalized spacial score (nSPS) is 11.9. The van der Waals surface area contributed by atoms with Crippen LogP contribution in [0.5, 0.6) is 0 Å². The molecule has 0 saturated carbocycles. The third kappa shape index (κ3) is 5.76. The molecule has 0 fully saturated rings. The molecule has 0 aliphatic heterocycles. The van der Waals surface area contributed by atoms with Gasteiger partial charge in [-0.15, -0.1) is 0 Å². The van der Waals surface area contributed by atoms with Crippen molar-refractivity contribution in [1.82, 2.24) is 0 Å². The van der Waals surface area contributed by atoms with Gasteiger partial charge in [-0.3, -0.25) is 19.7 Å². The van der Waals surface area contributed by atoms with E-state index in [1.165, 1.54) is 12.1 Å². The Hall–Kier alpha value is -2.24. The molecule has 0 bridgehead atoms. The SMILES string of the molecule is CC(C)(C)CC(=O)c1ccc(COC(=O)C(C)(C)C)c([N+](=O)[O-])c1. The first kappa shape index (κ1) is 19.8. The van der Waals surface area contributed by atoms with Crippen molar-refractivity contribution >= 4 is 17.4 Å². The molecule has 132 valence electrons. The summed E-state index contributed by atoms with van der Waals surface area (Å²) in [5.41, 5.74) is -0.534. The van der Waals surface area contributed by atoms with Crippen LogP contribution in [0.3, 0.4) is 0 Å². The number of esters is 1. The van der Waals surface area contributed by atoms with Crippen LogP contribution in [0.15, 0.2) is 18.2 Å². The number of hydrogen-bond donors (Lipinski definition) is 0. The monoisotopic (exact) mass is 335 g/mol. The lowest BCUT2D eigenvalue weighted by molar-refractivity contribution is -0.385. The lowest BCUT2D eigenvalue weighted by atomic mass is 9.87. The molecular weight excluding hydrogens is 310 g/mol. The number of ether oxygens (including phenoxy) is 1. The van der Waals surface area contributed by atoms with E-state index in [4.69, 9.17) is 4.74 Å². The lowest BCUT2D eigenvalue weighted by Crippen LogP contribution is -2.22. The van der Waals surface area contributed by atoms with Gasteiger partial charge in [-0.05, 0) is 32.3 Å². The maximum Gasteiger partial charge on any atom is 0.311 e. The van der Waals surface area contributed by atoms with E-state index in [9.17, 15) is 19.7 Å². The molecule has 0 aliphatic carbocycles. The van der Waals surface area contributed by atoms with Crippen molar-refractivity contribution in [2.45, 2.75) is 54.6 Å². The predicted octanol–water partition coefficient (Wildman–Crippen LogP) is 4.30. The Labute approximate surface area is 142 Å². The second-order valence-corrected chi connectivity index (χ2v) is 8.09. The van der Waals surface area contributed by atoms with Gasteiger partial charge >= 0.3 is 5.97 Å². The highest BCUT2D eigenvalue weighted by Crippen LogP contribution is 2.26. The molecule has 1 rings (SSSR count). The van der Waals surface area contributed by atoms with Gasteiger partial charge in [0.2, 0.25) is 0 Å². The predicted molar refractivity (Wildman–Crippen MR) is 90.7 cm³/mol. The average Bonchev–Trinajstić information content (AvgIpc) is 2.41. The average molecular weight is 335 g/mol.